The number of methoxy groups -OCH3 is 3. The van der Waals surface area contributed by atoms with Crippen LogP contribution in [0, 0.1) is 0 Å². The van der Waals surface area contributed by atoms with Crippen molar-refractivity contribution in [2.75, 3.05) is 26.6 Å². The van der Waals surface area contributed by atoms with Crippen LogP contribution >= 0.6 is 11.3 Å². The minimum atomic E-state index is -0.292. The number of nitrogens with zero attached hydrogens (tertiary/aromatic N) is 1. The molecule has 3 aromatic rings. The molecule has 0 radical (unpaired) electrons. The Balaban J connectivity index is 1.55. The molecule has 4 rings (SSSR count). The van der Waals surface area contributed by atoms with Gasteiger partial charge in [0, 0.05) is 16.5 Å². The molecule has 150 valence electrons. The van der Waals surface area contributed by atoms with Gasteiger partial charge >= 0.3 is 0 Å². The fourth-order valence-corrected chi connectivity index (χ4v) is 4.29. The molecule has 1 aromatic heterocycles. The molecule has 0 atom stereocenters. The van der Waals surface area contributed by atoms with Crippen molar-refractivity contribution >= 4 is 22.4 Å². The number of rotatable bonds is 6. The second-order valence-electron chi connectivity index (χ2n) is 6.74. The molecule has 0 saturated heterocycles. The molecule has 1 aliphatic rings. The average molecular weight is 410 g/mol. The summed E-state index contributed by atoms with van der Waals surface area (Å²) in [6.45, 7) is 0. The lowest BCUT2D eigenvalue weighted by atomic mass is 10.1. The van der Waals surface area contributed by atoms with Crippen molar-refractivity contribution in [2.45, 2.75) is 19.3 Å². The Kier molecular flexibility index (Phi) is 5.40. The summed E-state index contributed by atoms with van der Waals surface area (Å²) in [5.74, 6) is 1.00. The Morgan fingerprint density at radius 1 is 1.00 bits per heavy atom. The van der Waals surface area contributed by atoms with Crippen LogP contribution in [0.1, 0.15) is 27.9 Å². The number of anilines is 1. The zero-order chi connectivity index (χ0) is 20.4. The number of ether oxygens (including phenoxy) is 3. The lowest BCUT2D eigenvalue weighted by molar-refractivity contribution is 0.102. The second-order valence-corrected chi connectivity index (χ2v) is 7.60. The van der Waals surface area contributed by atoms with Crippen LogP contribution in [0.5, 0.6) is 17.2 Å². The fourth-order valence-electron chi connectivity index (χ4n) is 3.58. The molecule has 1 amide bonds. The third-order valence-electron chi connectivity index (χ3n) is 5.05. The van der Waals surface area contributed by atoms with Gasteiger partial charge in [-0.05, 0) is 48.6 Å². The summed E-state index contributed by atoms with van der Waals surface area (Å²) in [6, 6.07) is 9.73. The third-order valence-corrected chi connectivity index (χ3v) is 5.80. The smallest absolute Gasteiger partial charge is 0.257 e. The van der Waals surface area contributed by atoms with Gasteiger partial charge in [-0.25, -0.2) is 4.98 Å². The quantitative estimate of drug-likeness (QED) is 0.644. The van der Waals surface area contributed by atoms with Gasteiger partial charge in [-0.1, -0.05) is 12.1 Å². The molecule has 0 aliphatic heterocycles. The number of amides is 1. The van der Waals surface area contributed by atoms with Crippen molar-refractivity contribution < 1.29 is 19.0 Å². The maximum atomic E-state index is 12.8. The zero-order valence-electron chi connectivity index (χ0n) is 16.6. The second kappa shape index (κ2) is 8.13. The molecule has 0 bridgehead atoms. The van der Waals surface area contributed by atoms with Gasteiger partial charge in [0.2, 0.25) is 5.75 Å². The normalized spacial score (nSPS) is 12.4. The van der Waals surface area contributed by atoms with Crippen molar-refractivity contribution in [3.05, 3.63) is 52.4 Å². The number of fused-ring (bicyclic) bond motifs is 1. The van der Waals surface area contributed by atoms with E-state index in [4.69, 9.17) is 14.2 Å². The van der Waals surface area contributed by atoms with E-state index in [0.29, 0.717) is 27.9 Å². The van der Waals surface area contributed by atoms with Gasteiger partial charge in [0.05, 0.1) is 27.0 Å². The van der Waals surface area contributed by atoms with E-state index in [2.05, 4.69) is 28.5 Å². The molecular weight excluding hydrogens is 388 g/mol. The van der Waals surface area contributed by atoms with E-state index in [1.54, 1.807) is 12.1 Å². The van der Waals surface area contributed by atoms with Crippen molar-refractivity contribution in [1.29, 1.82) is 0 Å². The molecule has 0 spiro atoms. The van der Waals surface area contributed by atoms with Crippen molar-refractivity contribution in [2.24, 2.45) is 0 Å². The maximum absolute atomic E-state index is 12.8. The highest BCUT2D eigenvalue weighted by Gasteiger charge is 2.18. The van der Waals surface area contributed by atoms with Gasteiger partial charge in [-0.15, -0.1) is 11.3 Å². The predicted octanol–water partition coefficient (Wildman–Crippen LogP) is 4.58. The minimum absolute atomic E-state index is 0.292. The van der Waals surface area contributed by atoms with Gasteiger partial charge in [-0.2, -0.15) is 0 Å². The Hall–Kier alpha value is -3.06. The number of hydrogen-bond acceptors (Lipinski definition) is 6. The van der Waals surface area contributed by atoms with E-state index < -0.39 is 0 Å². The van der Waals surface area contributed by atoms with E-state index in [9.17, 15) is 4.79 Å². The highest BCUT2D eigenvalue weighted by molar-refractivity contribution is 7.14. The number of carbonyl (C=O) groups excluding carboxylic acids is 1. The van der Waals surface area contributed by atoms with E-state index in [1.807, 2.05) is 5.38 Å². The fraction of sp³-hybridized carbons (Fsp3) is 0.273. The van der Waals surface area contributed by atoms with Gasteiger partial charge in [-0.3, -0.25) is 10.1 Å². The van der Waals surface area contributed by atoms with Crippen molar-refractivity contribution in [3.8, 4) is 28.5 Å². The van der Waals surface area contributed by atoms with Crippen LogP contribution in [-0.4, -0.2) is 32.2 Å². The number of hydrogen-bond donors (Lipinski definition) is 1. The van der Waals surface area contributed by atoms with E-state index in [1.165, 1.54) is 50.2 Å². The van der Waals surface area contributed by atoms with Gasteiger partial charge < -0.3 is 14.2 Å². The van der Waals surface area contributed by atoms with Crippen LogP contribution in [0.3, 0.4) is 0 Å². The molecule has 0 fully saturated rings. The molecule has 2 aromatic carbocycles. The number of benzene rings is 2. The number of thiazole rings is 1. The first-order chi connectivity index (χ1) is 14.1. The SMILES string of the molecule is COc1cc(C(=O)Nc2nc(-c3ccc4c(c3)CCC4)cs2)cc(OC)c1OC. The monoisotopic (exact) mass is 410 g/mol. The topological polar surface area (TPSA) is 69.7 Å². The number of aromatic nitrogens is 1. The number of nitrogens with one attached hydrogen (secondary N) is 1. The minimum Gasteiger partial charge on any atom is -0.493 e. The van der Waals surface area contributed by atoms with Crippen LogP contribution in [0.2, 0.25) is 0 Å². The Labute approximate surface area is 173 Å². The molecule has 1 aliphatic carbocycles. The summed E-state index contributed by atoms with van der Waals surface area (Å²) in [4.78, 5) is 17.3. The van der Waals surface area contributed by atoms with Crippen LogP contribution in [0.4, 0.5) is 5.13 Å². The zero-order valence-corrected chi connectivity index (χ0v) is 17.4. The van der Waals surface area contributed by atoms with E-state index in [0.717, 1.165) is 24.1 Å². The lowest BCUT2D eigenvalue weighted by Gasteiger charge is -2.13. The summed E-state index contributed by atoms with van der Waals surface area (Å²) in [6.07, 6.45) is 3.49. The van der Waals surface area contributed by atoms with E-state index in [-0.39, 0.29) is 5.91 Å². The van der Waals surface area contributed by atoms with Gasteiger partial charge in [0.25, 0.3) is 5.91 Å². The summed E-state index contributed by atoms with van der Waals surface area (Å²) in [5, 5.41) is 5.36. The molecule has 1 heterocycles. The highest BCUT2D eigenvalue weighted by atomic mass is 32.1. The first-order valence-corrected chi connectivity index (χ1v) is 10.2. The van der Waals surface area contributed by atoms with Crippen LogP contribution in [-0.2, 0) is 12.8 Å². The molecular formula is C22H22N2O4S. The number of carbonyl (C=O) groups is 1. The molecule has 7 heteroatoms. The summed E-state index contributed by atoms with van der Waals surface area (Å²) < 4.78 is 15.9. The Morgan fingerprint density at radius 3 is 2.41 bits per heavy atom. The summed E-state index contributed by atoms with van der Waals surface area (Å²) in [7, 11) is 4.56. The van der Waals surface area contributed by atoms with Crippen LogP contribution in [0.25, 0.3) is 11.3 Å². The Morgan fingerprint density at radius 2 is 1.72 bits per heavy atom. The van der Waals surface area contributed by atoms with Gasteiger partial charge in [0.1, 0.15) is 0 Å². The third kappa shape index (κ3) is 3.78. The standard InChI is InChI=1S/C22H22N2O4S/c1-26-18-10-16(11-19(27-2)20(18)28-3)21(25)24-22-23-17(12-29-22)15-8-7-13-5-4-6-14(13)9-15/h7-12H,4-6H2,1-3H3,(H,23,24,25). The molecule has 29 heavy (non-hydrogen) atoms. The molecule has 1 N–H and O–H groups in total. The highest BCUT2D eigenvalue weighted by Crippen LogP contribution is 2.38. The molecule has 0 saturated carbocycles. The molecule has 6 nitrogen and oxygen atoms in total. The average Bonchev–Trinajstić information content (AvgIpc) is 3.41. The Bertz CT molecular complexity index is 1040. The first-order valence-electron chi connectivity index (χ1n) is 9.32. The maximum Gasteiger partial charge on any atom is 0.257 e. The molecule has 0 unspecified atom stereocenters. The summed E-state index contributed by atoms with van der Waals surface area (Å²) >= 11 is 1.40. The first kappa shape index (κ1) is 19.3. The van der Waals surface area contributed by atoms with Gasteiger partial charge in [0.15, 0.2) is 16.6 Å². The van der Waals surface area contributed by atoms with E-state index >= 15 is 0 Å². The van der Waals surface area contributed by atoms with Crippen LogP contribution in [0.15, 0.2) is 35.7 Å². The van der Waals surface area contributed by atoms with Crippen molar-refractivity contribution in [3.63, 3.8) is 0 Å². The largest absolute Gasteiger partial charge is 0.493 e. The number of aryl methyl sites for hydroxylation is 2. The lowest BCUT2D eigenvalue weighted by Crippen LogP contribution is -2.12. The van der Waals surface area contributed by atoms with Crippen molar-refractivity contribution in [1.82, 2.24) is 4.98 Å². The predicted molar refractivity (Wildman–Crippen MR) is 114 cm³/mol. The summed E-state index contributed by atoms with van der Waals surface area (Å²) in [5.41, 5.74) is 5.17. The van der Waals surface area contributed by atoms with Crippen LogP contribution < -0.4 is 19.5 Å².